The maximum atomic E-state index is 13.5. The summed E-state index contributed by atoms with van der Waals surface area (Å²) in [4.78, 5) is 22.5. The van der Waals surface area contributed by atoms with Crippen LogP contribution in [0.15, 0.2) is 59.1 Å². The van der Waals surface area contributed by atoms with Gasteiger partial charge in [0.2, 0.25) is 0 Å². The zero-order valence-corrected chi connectivity index (χ0v) is 14.9. The number of fused-ring (bicyclic) bond motifs is 1. The minimum absolute atomic E-state index is 0.194. The van der Waals surface area contributed by atoms with Gasteiger partial charge in [-0.05, 0) is 31.0 Å². The van der Waals surface area contributed by atoms with Crippen molar-refractivity contribution in [3.05, 3.63) is 71.9 Å². The molecule has 1 unspecified atom stereocenters. The lowest BCUT2D eigenvalue weighted by atomic mass is 10.1. The molecule has 7 heteroatoms. The number of hydrogen-bond donors (Lipinski definition) is 1. The number of imidazole rings is 1. The normalized spacial score (nSPS) is 16.8. The Hall–Kier alpha value is -3.48. The summed E-state index contributed by atoms with van der Waals surface area (Å²) in [5.74, 6) is 0.704. The number of aromatic nitrogens is 3. The Bertz CT molecular complexity index is 1150. The van der Waals surface area contributed by atoms with Gasteiger partial charge in [0.1, 0.15) is 11.6 Å². The van der Waals surface area contributed by atoms with E-state index >= 15 is 0 Å². The standard InChI is InChI=1S/C21H17FN4O2/c22-14-8-9-15-16(11-14)24-20(23-15)18-7-4-10-26(18)21(27)17-12-19(28-25-17)13-5-2-1-3-6-13/h1-3,5-6,8-9,11-12,18H,4,7,10H2,(H,23,24). The quantitative estimate of drug-likeness (QED) is 0.577. The van der Waals surface area contributed by atoms with Crippen molar-refractivity contribution < 1.29 is 13.7 Å². The SMILES string of the molecule is O=C(c1cc(-c2ccccc2)on1)N1CCCC1c1nc2ccc(F)cc2[nH]1. The highest BCUT2D eigenvalue weighted by Crippen LogP contribution is 2.33. The largest absolute Gasteiger partial charge is 0.355 e. The van der Waals surface area contributed by atoms with Crippen LogP contribution >= 0.6 is 0 Å². The number of rotatable bonds is 3. The second-order valence-corrected chi connectivity index (χ2v) is 6.88. The third-order valence-electron chi connectivity index (χ3n) is 5.08. The number of likely N-dealkylation sites (tertiary alicyclic amines) is 1. The second-order valence-electron chi connectivity index (χ2n) is 6.88. The first-order chi connectivity index (χ1) is 13.7. The smallest absolute Gasteiger partial charge is 0.276 e. The van der Waals surface area contributed by atoms with Gasteiger partial charge in [-0.3, -0.25) is 4.79 Å². The summed E-state index contributed by atoms with van der Waals surface area (Å²) in [7, 11) is 0. The van der Waals surface area contributed by atoms with Gasteiger partial charge in [-0.15, -0.1) is 0 Å². The van der Waals surface area contributed by atoms with E-state index in [9.17, 15) is 9.18 Å². The first-order valence-corrected chi connectivity index (χ1v) is 9.17. The molecule has 0 aliphatic carbocycles. The topological polar surface area (TPSA) is 75.0 Å². The van der Waals surface area contributed by atoms with Crippen molar-refractivity contribution in [2.24, 2.45) is 0 Å². The van der Waals surface area contributed by atoms with Crippen LogP contribution in [0.25, 0.3) is 22.4 Å². The number of hydrogen-bond acceptors (Lipinski definition) is 4. The lowest BCUT2D eigenvalue weighted by Gasteiger charge is -2.21. The number of benzene rings is 2. The molecule has 5 rings (SSSR count). The Labute approximate surface area is 160 Å². The molecule has 2 aromatic heterocycles. The summed E-state index contributed by atoms with van der Waals surface area (Å²) in [6.07, 6.45) is 1.66. The van der Waals surface area contributed by atoms with Crippen LogP contribution in [-0.2, 0) is 0 Å². The molecule has 1 aliphatic rings. The van der Waals surface area contributed by atoms with E-state index < -0.39 is 0 Å². The van der Waals surface area contributed by atoms with Crippen molar-refractivity contribution >= 4 is 16.9 Å². The van der Waals surface area contributed by atoms with Gasteiger partial charge in [-0.2, -0.15) is 0 Å². The maximum Gasteiger partial charge on any atom is 0.276 e. The predicted octanol–water partition coefficient (Wildman–Crippen LogP) is 4.33. The fraction of sp³-hybridized carbons (Fsp3) is 0.190. The first kappa shape index (κ1) is 16.7. The third-order valence-corrected chi connectivity index (χ3v) is 5.08. The predicted molar refractivity (Wildman–Crippen MR) is 101 cm³/mol. The first-order valence-electron chi connectivity index (χ1n) is 9.17. The maximum absolute atomic E-state index is 13.5. The van der Waals surface area contributed by atoms with Gasteiger partial charge < -0.3 is 14.4 Å². The molecule has 6 nitrogen and oxygen atoms in total. The number of carbonyl (C=O) groups excluding carboxylic acids is 1. The number of halogens is 1. The van der Waals surface area contributed by atoms with Crippen molar-refractivity contribution in [3.63, 3.8) is 0 Å². The van der Waals surface area contributed by atoms with E-state index in [1.165, 1.54) is 12.1 Å². The minimum atomic E-state index is -0.321. The lowest BCUT2D eigenvalue weighted by molar-refractivity contribution is 0.0720. The molecule has 4 aromatic rings. The van der Waals surface area contributed by atoms with Gasteiger partial charge in [-0.1, -0.05) is 35.5 Å². The molecule has 1 atom stereocenters. The van der Waals surface area contributed by atoms with Gasteiger partial charge in [0, 0.05) is 18.2 Å². The summed E-state index contributed by atoms with van der Waals surface area (Å²) in [5, 5.41) is 3.97. The molecule has 1 aliphatic heterocycles. The Morgan fingerprint density at radius 2 is 2.04 bits per heavy atom. The van der Waals surface area contributed by atoms with E-state index in [2.05, 4.69) is 15.1 Å². The molecular weight excluding hydrogens is 359 g/mol. The number of nitrogens with one attached hydrogen (secondary N) is 1. The summed E-state index contributed by atoms with van der Waals surface area (Å²) in [5.41, 5.74) is 2.45. The van der Waals surface area contributed by atoms with Gasteiger partial charge in [0.25, 0.3) is 5.91 Å². The van der Waals surface area contributed by atoms with E-state index in [4.69, 9.17) is 4.52 Å². The van der Waals surface area contributed by atoms with E-state index in [1.54, 1.807) is 17.0 Å². The summed E-state index contributed by atoms with van der Waals surface area (Å²) in [6, 6.07) is 15.4. The monoisotopic (exact) mass is 376 g/mol. The fourth-order valence-corrected chi connectivity index (χ4v) is 3.72. The molecule has 1 amide bonds. The molecule has 28 heavy (non-hydrogen) atoms. The molecule has 3 heterocycles. The van der Waals surface area contributed by atoms with Crippen molar-refractivity contribution in [2.75, 3.05) is 6.54 Å². The summed E-state index contributed by atoms with van der Waals surface area (Å²) >= 11 is 0. The zero-order valence-electron chi connectivity index (χ0n) is 14.9. The fourth-order valence-electron chi connectivity index (χ4n) is 3.72. The molecule has 140 valence electrons. The number of amides is 1. The van der Waals surface area contributed by atoms with Crippen molar-refractivity contribution in [1.82, 2.24) is 20.0 Å². The van der Waals surface area contributed by atoms with Crippen LogP contribution < -0.4 is 0 Å². The Balaban J connectivity index is 1.43. The molecule has 1 N–H and O–H groups in total. The number of carbonyl (C=O) groups is 1. The molecule has 1 fully saturated rings. The molecule has 2 aromatic carbocycles. The highest BCUT2D eigenvalue weighted by molar-refractivity contribution is 5.93. The second kappa shape index (κ2) is 6.60. The van der Waals surface area contributed by atoms with Crippen LogP contribution in [0.5, 0.6) is 0 Å². The van der Waals surface area contributed by atoms with Gasteiger partial charge in [-0.25, -0.2) is 9.37 Å². The number of nitrogens with zero attached hydrogens (tertiary/aromatic N) is 3. The lowest BCUT2D eigenvalue weighted by Crippen LogP contribution is -2.31. The van der Waals surface area contributed by atoms with E-state index in [1.807, 2.05) is 30.3 Å². The van der Waals surface area contributed by atoms with Crippen LogP contribution in [0.1, 0.15) is 35.2 Å². The van der Waals surface area contributed by atoms with Crippen molar-refractivity contribution in [3.8, 4) is 11.3 Å². The average molecular weight is 376 g/mol. The molecule has 0 saturated carbocycles. The summed E-state index contributed by atoms with van der Waals surface area (Å²) in [6.45, 7) is 0.614. The highest BCUT2D eigenvalue weighted by Gasteiger charge is 2.34. The van der Waals surface area contributed by atoms with Gasteiger partial charge in [0.05, 0.1) is 17.1 Å². The van der Waals surface area contributed by atoms with Gasteiger partial charge >= 0.3 is 0 Å². The Morgan fingerprint density at radius 3 is 2.89 bits per heavy atom. The summed E-state index contributed by atoms with van der Waals surface area (Å²) < 4.78 is 18.8. The van der Waals surface area contributed by atoms with Crippen LogP contribution in [0.3, 0.4) is 0 Å². The van der Waals surface area contributed by atoms with Crippen LogP contribution in [-0.4, -0.2) is 32.5 Å². The Morgan fingerprint density at radius 1 is 1.18 bits per heavy atom. The van der Waals surface area contributed by atoms with Crippen molar-refractivity contribution in [2.45, 2.75) is 18.9 Å². The third kappa shape index (κ3) is 2.85. The van der Waals surface area contributed by atoms with E-state index in [0.29, 0.717) is 29.2 Å². The molecule has 0 radical (unpaired) electrons. The Kier molecular flexibility index (Phi) is 3.93. The molecule has 1 saturated heterocycles. The van der Waals surface area contributed by atoms with Crippen LogP contribution in [0, 0.1) is 5.82 Å². The molecule has 0 spiro atoms. The number of H-pyrrole nitrogens is 1. The molecule has 0 bridgehead atoms. The zero-order chi connectivity index (χ0) is 19.1. The van der Waals surface area contributed by atoms with E-state index in [-0.39, 0.29) is 23.5 Å². The van der Waals surface area contributed by atoms with E-state index in [0.717, 1.165) is 18.4 Å². The van der Waals surface area contributed by atoms with Crippen molar-refractivity contribution in [1.29, 1.82) is 0 Å². The average Bonchev–Trinajstić information content (AvgIpc) is 3.46. The number of aromatic amines is 1. The minimum Gasteiger partial charge on any atom is -0.355 e. The molecular formula is C21H17FN4O2. The van der Waals surface area contributed by atoms with Gasteiger partial charge in [0.15, 0.2) is 11.5 Å². The highest BCUT2D eigenvalue weighted by atomic mass is 19.1. The van der Waals surface area contributed by atoms with Crippen LogP contribution in [0.4, 0.5) is 4.39 Å². The van der Waals surface area contributed by atoms with Crippen LogP contribution in [0.2, 0.25) is 0 Å².